The van der Waals surface area contributed by atoms with Crippen LogP contribution in [0, 0.1) is 35.5 Å². The summed E-state index contributed by atoms with van der Waals surface area (Å²) in [6, 6.07) is 0. The third-order valence-corrected chi connectivity index (χ3v) is 5.85. The van der Waals surface area contributed by atoms with Gasteiger partial charge < -0.3 is 14.9 Å². The SMILES string of the molecule is O=C(O)C=CC(=O)OCC1C(CO)CC2C3CCC(C3)C12. The molecule has 0 spiro atoms. The van der Waals surface area contributed by atoms with Gasteiger partial charge in [-0.2, -0.15) is 0 Å². The largest absolute Gasteiger partial charge is 0.478 e. The Kier molecular flexibility index (Phi) is 4.02. The molecule has 6 unspecified atom stereocenters. The van der Waals surface area contributed by atoms with Crippen LogP contribution in [-0.2, 0) is 14.3 Å². The van der Waals surface area contributed by atoms with Crippen molar-refractivity contribution >= 4 is 11.9 Å². The minimum absolute atomic E-state index is 0.152. The average molecular weight is 294 g/mol. The Morgan fingerprint density at radius 3 is 2.62 bits per heavy atom. The van der Waals surface area contributed by atoms with Gasteiger partial charge >= 0.3 is 11.9 Å². The summed E-state index contributed by atoms with van der Waals surface area (Å²) in [4.78, 5) is 21.9. The van der Waals surface area contributed by atoms with Crippen molar-refractivity contribution in [1.82, 2.24) is 0 Å². The Bertz CT molecular complexity index is 458. The molecule has 0 aromatic carbocycles. The summed E-state index contributed by atoms with van der Waals surface area (Å²) in [5.41, 5.74) is 0. The number of fused-ring (bicyclic) bond motifs is 5. The molecule has 0 aromatic heterocycles. The molecule has 2 bridgehead atoms. The number of carbonyl (C=O) groups excluding carboxylic acids is 1. The van der Waals surface area contributed by atoms with E-state index in [9.17, 15) is 14.7 Å². The fourth-order valence-electron chi connectivity index (χ4n) is 5.13. The highest BCUT2D eigenvalue weighted by Gasteiger charge is 2.56. The van der Waals surface area contributed by atoms with Gasteiger partial charge in [-0.25, -0.2) is 9.59 Å². The van der Waals surface area contributed by atoms with Crippen LogP contribution in [0.15, 0.2) is 12.2 Å². The number of carboxylic acids is 1. The van der Waals surface area contributed by atoms with Gasteiger partial charge in [0, 0.05) is 24.7 Å². The second-order valence-corrected chi connectivity index (χ2v) is 6.72. The molecule has 3 aliphatic carbocycles. The van der Waals surface area contributed by atoms with Crippen LogP contribution in [0.5, 0.6) is 0 Å². The fraction of sp³-hybridized carbons (Fsp3) is 0.750. The maximum Gasteiger partial charge on any atom is 0.331 e. The molecule has 3 fully saturated rings. The number of carboxylic acid groups (broad SMARTS) is 1. The van der Waals surface area contributed by atoms with Gasteiger partial charge in [0.05, 0.1) is 6.61 Å². The van der Waals surface area contributed by atoms with Crippen LogP contribution in [0.25, 0.3) is 0 Å². The van der Waals surface area contributed by atoms with Crippen molar-refractivity contribution in [2.45, 2.75) is 25.7 Å². The normalized spacial score (nSPS) is 40.6. The lowest BCUT2D eigenvalue weighted by molar-refractivity contribution is -0.141. The number of aliphatic hydroxyl groups is 1. The number of aliphatic hydroxyl groups excluding tert-OH is 1. The highest BCUT2D eigenvalue weighted by Crippen LogP contribution is 2.62. The quantitative estimate of drug-likeness (QED) is 0.592. The number of hydrogen-bond acceptors (Lipinski definition) is 4. The zero-order valence-electron chi connectivity index (χ0n) is 12.0. The summed E-state index contributed by atoms with van der Waals surface area (Å²) in [5.74, 6) is 1.50. The first-order valence-electron chi connectivity index (χ1n) is 7.78. The van der Waals surface area contributed by atoms with Crippen molar-refractivity contribution in [1.29, 1.82) is 0 Å². The molecule has 21 heavy (non-hydrogen) atoms. The number of esters is 1. The van der Waals surface area contributed by atoms with Crippen LogP contribution in [0.4, 0.5) is 0 Å². The lowest BCUT2D eigenvalue weighted by Crippen LogP contribution is -2.29. The summed E-state index contributed by atoms with van der Waals surface area (Å²) in [7, 11) is 0. The van der Waals surface area contributed by atoms with Crippen molar-refractivity contribution in [3.05, 3.63) is 12.2 Å². The second kappa shape index (κ2) is 5.79. The first-order valence-corrected chi connectivity index (χ1v) is 7.78. The van der Waals surface area contributed by atoms with E-state index in [-0.39, 0.29) is 18.4 Å². The van der Waals surface area contributed by atoms with Gasteiger partial charge in [0.1, 0.15) is 0 Å². The van der Waals surface area contributed by atoms with Gasteiger partial charge in [-0.05, 0) is 55.3 Å². The summed E-state index contributed by atoms with van der Waals surface area (Å²) >= 11 is 0. The van der Waals surface area contributed by atoms with Gasteiger partial charge in [0.25, 0.3) is 0 Å². The highest BCUT2D eigenvalue weighted by atomic mass is 16.5. The number of carbonyl (C=O) groups is 2. The van der Waals surface area contributed by atoms with E-state index >= 15 is 0 Å². The molecule has 5 nitrogen and oxygen atoms in total. The second-order valence-electron chi connectivity index (χ2n) is 6.72. The summed E-state index contributed by atoms with van der Waals surface area (Å²) in [6.45, 7) is 0.456. The Balaban J connectivity index is 1.61. The molecule has 5 heteroatoms. The average Bonchev–Trinajstić information content (AvgIpc) is 3.13. The molecule has 3 rings (SSSR count). The van der Waals surface area contributed by atoms with Gasteiger partial charge in [0.2, 0.25) is 0 Å². The van der Waals surface area contributed by atoms with E-state index in [4.69, 9.17) is 9.84 Å². The first-order chi connectivity index (χ1) is 10.1. The van der Waals surface area contributed by atoms with Crippen molar-refractivity contribution in [2.24, 2.45) is 35.5 Å². The molecule has 3 saturated carbocycles. The Labute approximate surface area is 124 Å². The molecular formula is C16H22O5. The monoisotopic (exact) mass is 294 g/mol. The van der Waals surface area contributed by atoms with E-state index in [1.54, 1.807) is 0 Å². The molecule has 2 N–H and O–H groups in total. The van der Waals surface area contributed by atoms with Gasteiger partial charge in [0.15, 0.2) is 0 Å². The highest BCUT2D eigenvalue weighted by molar-refractivity contribution is 5.90. The molecule has 0 amide bonds. The minimum atomic E-state index is -1.16. The summed E-state index contributed by atoms with van der Waals surface area (Å²) in [6.07, 6.45) is 6.68. The van der Waals surface area contributed by atoms with E-state index < -0.39 is 11.9 Å². The van der Waals surface area contributed by atoms with Gasteiger partial charge in [-0.1, -0.05) is 0 Å². The molecule has 0 radical (unpaired) electrons. The molecular weight excluding hydrogens is 272 g/mol. The third-order valence-electron chi connectivity index (χ3n) is 5.85. The van der Waals surface area contributed by atoms with Crippen molar-refractivity contribution < 1.29 is 24.5 Å². The van der Waals surface area contributed by atoms with E-state index in [0.717, 1.165) is 30.4 Å². The topological polar surface area (TPSA) is 83.8 Å². The molecule has 0 aromatic rings. The third kappa shape index (κ3) is 2.71. The van der Waals surface area contributed by atoms with Crippen LogP contribution in [0.3, 0.4) is 0 Å². The predicted molar refractivity (Wildman–Crippen MR) is 74.2 cm³/mol. The van der Waals surface area contributed by atoms with Crippen molar-refractivity contribution in [2.75, 3.05) is 13.2 Å². The minimum Gasteiger partial charge on any atom is -0.478 e. The van der Waals surface area contributed by atoms with E-state index in [1.165, 1.54) is 19.3 Å². The standard InChI is InChI=1S/C16H22O5/c17-7-11-6-12-9-1-2-10(5-9)16(12)13(11)8-21-15(20)4-3-14(18)19/h3-4,9-13,16-17H,1-2,5-8H2,(H,18,19). The van der Waals surface area contributed by atoms with Crippen LogP contribution in [0.2, 0.25) is 0 Å². The van der Waals surface area contributed by atoms with Gasteiger partial charge in [-0.3, -0.25) is 0 Å². The van der Waals surface area contributed by atoms with Crippen LogP contribution >= 0.6 is 0 Å². The maximum atomic E-state index is 11.5. The predicted octanol–water partition coefficient (Wildman–Crippen LogP) is 1.46. The Hall–Kier alpha value is -1.36. The smallest absolute Gasteiger partial charge is 0.331 e. The van der Waals surface area contributed by atoms with E-state index in [2.05, 4.69) is 0 Å². The van der Waals surface area contributed by atoms with Crippen molar-refractivity contribution in [3.63, 3.8) is 0 Å². The number of hydrogen-bond donors (Lipinski definition) is 2. The Morgan fingerprint density at radius 1 is 1.14 bits per heavy atom. The van der Waals surface area contributed by atoms with Crippen LogP contribution in [0.1, 0.15) is 25.7 Å². The van der Waals surface area contributed by atoms with Crippen LogP contribution in [-0.4, -0.2) is 35.4 Å². The Morgan fingerprint density at radius 2 is 1.90 bits per heavy atom. The van der Waals surface area contributed by atoms with E-state index in [1.807, 2.05) is 0 Å². The lowest BCUT2D eigenvalue weighted by Gasteiger charge is -2.29. The van der Waals surface area contributed by atoms with Gasteiger partial charge in [-0.15, -0.1) is 0 Å². The lowest BCUT2D eigenvalue weighted by atomic mass is 9.77. The fourth-order valence-corrected chi connectivity index (χ4v) is 5.13. The van der Waals surface area contributed by atoms with E-state index in [0.29, 0.717) is 18.4 Å². The molecule has 0 heterocycles. The molecule has 3 aliphatic rings. The zero-order valence-corrected chi connectivity index (χ0v) is 12.0. The number of aliphatic carboxylic acids is 1. The zero-order chi connectivity index (χ0) is 15.0. The molecule has 6 atom stereocenters. The number of ether oxygens (including phenoxy) is 1. The first kappa shape index (κ1) is 14.6. The molecule has 0 aliphatic heterocycles. The molecule has 0 saturated heterocycles. The maximum absolute atomic E-state index is 11.5. The van der Waals surface area contributed by atoms with Crippen LogP contribution < -0.4 is 0 Å². The number of rotatable bonds is 5. The molecule has 116 valence electrons. The van der Waals surface area contributed by atoms with Crippen molar-refractivity contribution in [3.8, 4) is 0 Å². The summed E-state index contributed by atoms with van der Waals surface area (Å²) < 4.78 is 5.22. The summed E-state index contributed by atoms with van der Waals surface area (Å²) in [5, 5.41) is 18.1.